The van der Waals surface area contributed by atoms with Crippen LogP contribution in [-0.2, 0) is 5.00 Å². The molecule has 1 aliphatic heterocycles. The van der Waals surface area contributed by atoms with Crippen LogP contribution in [0.2, 0.25) is 0 Å². The number of piperidine rings is 1. The Morgan fingerprint density at radius 2 is 1.65 bits per heavy atom. The number of benzene rings is 1. The molecule has 206 valence electrons. The molecule has 2 aliphatic rings. The quantitative estimate of drug-likeness (QED) is 0.157. The van der Waals surface area contributed by atoms with Gasteiger partial charge in [0.1, 0.15) is 0 Å². The smallest absolute Gasteiger partial charge is 0.175 e. The Hall–Kier alpha value is -2.07. The zero-order chi connectivity index (χ0) is 28.0. The Kier molecular flexibility index (Phi) is 14.9. The maximum Gasteiger partial charge on any atom is 0.175 e. The first-order valence-corrected chi connectivity index (χ1v) is 14.3. The first-order valence-electron chi connectivity index (χ1n) is 13.9. The van der Waals surface area contributed by atoms with Gasteiger partial charge in [-0.15, -0.1) is 12.6 Å². The average Bonchev–Trinajstić information content (AvgIpc) is 3.35. The van der Waals surface area contributed by atoms with Gasteiger partial charge in [0.05, 0.1) is 0 Å². The summed E-state index contributed by atoms with van der Waals surface area (Å²) in [5.41, 5.74) is 5.63. The summed E-state index contributed by atoms with van der Waals surface area (Å²) in [6.07, 6.45) is 14.8. The van der Waals surface area contributed by atoms with Crippen molar-refractivity contribution in [3.05, 3.63) is 77.9 Å². The number of hydrogen-bond donors (Lipinski definition) is 2. The largest absolute Gasteiger partial charge is 0.371 e. The molecule has 1 unspecified atom stereocenters. The predicted octanol–water partition coefficient (Wildman–Crippen LogP) is 10.2. The molecule has 0 bridgehead atoms. The van der Waals surface area contributed by atoms with Crippen LogP contribution in [0, 0.1) is 17.2 Å². The molecule has 1 N–H and O–H groups in total. The summed E-state index contributed by atoms with van der Waals surface area (Å²) in [5, 5.41) is 6.08. The van der Waals surface area contributed by atoms with E-state index in [-0.39, 0.29) is 0 Å². The molecule has 1 aliphatic carbocycles. The van der Waals surface area contributed by atoms with Crippen LogP contribution in [0.3, 0.4) is 0 Å². The molecule has 37 heavy (non-hydrogen) atoms. The van der Waals surface area contributed by atoms with E-state index in [9.17, 15) is 4.39 Å². The molecule has 1 saturated carbocycles. The van der Waals surface area contributed by atoms with Crippen LogP contribution in [0.5, 0.6) is 0 Å². The van der Waals surface area contributed by atoms with E-state index < -0.39 is 5.00 Å². The van der Waals surface area contributed by atoms with Gasteiger partial charge in [0.25, 0.3) is 0 Å². The first kappa shape index (κ1) is 33.0. The summed E-state index contributed by atoms with van der Waals surface area (Å²) >= 11 is 3.95. The van der Waals surface area contributed by atoms with Gasteiger partial charge in [-0.1, -0.05) is 88.6 Å². The number of nitrogens with one attached hydrogen (secondary N) is 1. The van der Waals surface area contributed by atoms with Gasteiger partial charge < -0.3 is 10.3 Å². The summed E-state index contributed by atoms with van der Waals surface area (Å²) < 4.78 is 13.7. The summed E-state index contributed by atoms with van der Waals surface area (Å²) in [6, 6.07) is 7.63. The molecule has 0 spiro atoms. The fourth-order valence-electron chi connectivity index (χ4n) is 4.62. The fraction of sp³-hybridized carbons (Fsp3) is 0.545. The SMILES string of the molecule is C=C(C)/C(=C/C=C\C)C(=N)CC.C=C(C)C1CCN(c2ccc(C(C)(F)S)cc2)CC1.CC1CCCC1. The third-order valence-electron chi connectivity index (χ3n) is 7.19. The average molecular weight is 527 g/mol. The third-order valence-corrected chi connectivity index (χ3v) is 7.45. The monoisotopic (exact) mass is 526 g/mol. The Bertz CT molecular complexity index is 907. The standard InChI is InChI=1S/C16H22FNS.C11H17N.C6H12/c1-12(2)13-8-10-18(11-9-13)15-6-4-14(5-7-15)16(3,17)19;1-5-7-8-10(9(3)4)11(12)6-2;1-6-4-2-3-5-6/h4-7,13,19H,1,8-11H2,2-3H3;5,7-8,12H,3,6H2,1-2,4H3;6H,2-5H2,1H3/b;7-5-,10-8-,12-11?;. The minimum absolute atomic E-state index is 0.608. The second kappa shape index (κ2) is 16.7. The van der Waals surface area contributed by atoms with Crippen LogP contribution in [0.4, 0.5) is 10.1 Å². The number of allylic oxidation sites excluding steroid dienone is 6. The van der Waals surface area contributed by atoms with Gasteiger partial charge in [-0.05, 0) is 87.6 Å². The molecule has 2 nitrogen and oxygen atoms in total. The van der Waals surface area contributed by atoms with Crippen molar-refractivity contribution in [2.24, 2.45) is 11.8 Å². The Morgan fingerprint density at radius 1 is 1.11 bits per heavy atom. The van der Waals surface area contributed by atoms with E-state index in [4.69, 9.17) is 5.41 Å². The number of anilines is 1. The van der Waals surface area contributed by atoms with E-state index >= 15 is 0 Å². The molecule has 1 saturated heterocycles. The van der Waals surface area contributed by atoms with Crippen molar-refractivity contribution in [2.75, 3.05) is 18.0 Å². The second-order valence-electron chi connectivity index (χ2n) is 10.7. The van der Waals surface area contributed by atoms with Crippen molar-refractivity contribution in [3.63, 3.8) is 0 Å². The van der Waals surface area contributed by atoms with Crippen molar-refractivity contribution in [3.8, 4) is 0 Å². The van der Waals surface area contributed by atoms with Crippen LogP contribution in [0.15, 0.2) is 72.4 Å². The summed E-state index contributed by atoms with van der Waals surface area (Å²) in [6.45, 7) is 21.8. The number of halogens is 1. The molecule has 0 radical (unpaired) electrons. The highest BCUT2D eigenvalue weighted by Gasteiger charge is 2.22. The minimum Gasteiger partial charge on any atom is -0.371 e. The van der Waals surface area contributed by atoms with Crippen molar-refractivity contribution >= 4 is 24.0 Å². The van der Waals surface area contributed by atoms with Gasteiger partial charge in [-0.25, -0.2) is 4.39 Å². The minimum atomic E-state index is -1.56. The zero-order valence-corrected chi connectivity index (χ0v) is 25.1. The second-order valence-corrected chi connectivity index (χ2v) is 11.6. The highest BCUT2D eigenvalue weighted by Crippen LogP contribution is 2.32. The van der Waals surface area contributed by atoms with Gasteiger partial charge in [0, 0.05) is 24.5 Å². The van der Waals surface area contributed by atoms with Gasteiger partial charge in [-0.3, -0.25) is 0 Å². The molecular formula is C33H51FN2S. The van der Waals surface area contributed by atoms with Crippen LogP contribution in [0.25, 0.3) is 0 Å². The van der Waals surface area contributed by atoms with Crippen LogP contribution in [-0.4, -0.2) is 18.8 Å². The number of nitrogens with zero attached hydrogens (tertiary/aromatic N) is 1. The highest BCUT2D eigenvalue weighted by molar-refractivity contribution is 7.81. The van der Waals surface area contributed by atoms with Gasteiger partial charge in [-0.2, -0.15) is 0 Å². The lowest BCUT2D eigenvalue weighted by Crippen LogP contribution is -2.33. The molecule has 4 heteroatoms. The van der Waals surface area contributed by atoms with Crippen LogP contribution < -0.4 is 4.90 Å². The molecule has 2 fully saturated rings. The van der Waals surface area contributed by atoms with Crippen molar-refractivity contribution < 1.29 is 4.39 Å². The number of hydrogen-bond acceptors (Lipinski definition) is 3. The van der Waals surface area contributed by atoms with Gasteiger partial charge in [0.15, 0.2) is 5.00 Å². The summed E-state index contributed by atoms with van der Waals surface area (Å²) in [5.74, 6) is 1.70. The Balaban J connectivity index is 0.000000323. The molecule has 1 heterocycles. The normalized spacial score (nSPS) is 18.4. The predicted molar refractivity (Wildman–Crippen MR) is 167 cm³/mol. The first-order chi connectivity index (χ1) is 17.4. The Labute approximate surface area is 232 Å². The summed E-state index contributed by atoms with van der Waals surface area (Å²) in [7, 11) is 0. The summed E-state index contributed by atoms with van der Waals surface area (Å²) in [4.78, 5) is 2.36. The molecule has 1 atom stereocenters. The lowest BCUT2D eigenvalue weighted by molar-refractivity contribution is 0.328. The maximum absolute atomic E-state index is 13.7. The molecule has 3 rings (SSSR count). The van der Waals surface area contributed by atoms with Crippen LogP contribution >= 0.6 is 12.6 Å². The van der Waals surface area contributed by atoms with E-state index in [0.29, 0.717) is 17.2 Å². The zero-order valence-electron chi connectivity index (χ0n) is 24.2. The third kappa shape index (κ3) is 12.3. The molecule has 1 aromatic rings. The van der Waals surface area contributed by atoms with Gasteiger partial charge in [0.2, 0.25) is 0 Å². The number of rotatable bonds is 7. The van der Waals surface area contributed by atoms with E-state index in [1.54, 1.807) is 0 Å². The van der Waals surface area contributed by atoms with E-state index in [1.807, 2.05) is 63.3 Å². The topological polar surface area (TPSA) is 27.1 Å². The molecule has 0 amide bonds. The number of thiol groups is 1. The molecule has 0 aromatic heterocycles. The van der Waals surface area contributed by atoms with Gasteiger partial charge >= 0.3 is 0 Å². The fourth-order valence-corrected chi connectivity index (χ4v) is 4.77. The lowest BCUT2D eigenvalue weighted by Gasteiger charge is -2.34. The van der Waals surface area contributed by atoms with Crippen molar-refractivity contribution in [2.45, 2.75) is 91.5 Å². The van der Waals surface area contributed by atoms with Crippen LogP contribution in [0.1, 0.15) is 92.1 Å². The number of alkyl halides is 1. The van der Waals surface area contributed by atoms with Crippen molar-refractivity contribution in [1.82, 2.24) is 0 Å². The van der Waals surface area contributed by atoms with Crippen molar-refractivity contribution in [1.29, 1.82) is 5.41 Å². The van der Waals surface area contributed by atoms with E-state index in [2.05, 4.69) is 44.5 Å². The lowest BCUT2D eigenvalue weighted by atomic mass is 9.91. The Morgan fingerprint density at radius 3 is 2.00 bits per heavy atom. The molecule has 1 aromatic carbocycles. The maximum atomic E-state index is 13.7. The molecular weight excluding hydrogens is 475 g/mol. The highest BCUT2D eigenvalue weighted by atomic mass is 32.1. The van der Waals surface area contributed by atoms with E-state index in [0.717, 1.165) is 49.4 Å². The van der Waals surface area contributed by atoms with E-state index in [1.165, 1.54) is 43.9 Å².